The minimum Gasteiger partial charge on any atom is -0.355 e. The molecule has 0 unspecified atom stereocenters. The Balaban J connectivity index is 1.92. The summed E-state index contributed by atoms with van der Waals surface area (Å²) >= 11 is 0. The highest BCUT2D eigenvalue weighted by Gasteiger charge is 2.45. The second-order valence-corrected chi connectivity index (χ2v) is 4.73. The van der Waals surface area contributed by atoms with E-state index in [4.69, 9.17) is 0 Å². The van der Waals surface area contributed by atoms with Crippen molar-refractivity contribution in [1.29, 1.82) is 0 Å². The third-order valence-electron chi connectivity index (χ3n) is 3.54. The monoisotopic (exact) mass is 193 g/mol. The Bertz CT molecular complexity index is 310. The van der Waals surface area contributed by atoms with E-state index in [-0.39, 0.29) is 0 Å². The van der Waals surface area contributed by atoms with Gasteiger partial charge in [0.2, 0.25) is 5.95 Å². The van der Waals surface area contributed by atoms with Gasteiger partial charge in [0.1, 0.15) is 0 Å². The van der Waals surface area contributed by atoms with E-state index in [0.717, 1.165) is 18.4 Å². The molecule has 0 bridgehead atoms. The van der Waals surface area contributed by atoms with E-state index >= 15 is 0 Å². The molecule has 1 N–H and O–H groups in total. The van der Waals surface area contributed by atoms with Crippen LogP contribution >= 0.6 is 0 Å². The van der Waals surface area contributed by atoms with Gasteiger partial charge in [-0.1, -0.05) is 13.8 Å². The summed E-state index contributed by atoms with van der Waals surface area (Å²) < 4.78 is 2.02. The summed E-state index contributed by atoms with van der Waals surface area (Å²) in [6, 6.07) is 0. The van der Waals surface area contributed by atoms with Gasteiger partial charge in [0.15, 0.2) is 0 Å². The second kappa shape index (κ2) is 3.30. The van der Waals surface area contributed by atoms with Crippen molar-refractivity contribution in [3.8, 4) is 0 Å². The molecule has 0 radical (unpaired) electrons. The number of imidazole rings is 1. The van der Waals surface area contributed by atoms with Crippen molar-refractivity contribution < 1.29 is 0 Å². The summed E-state index contributed by atoms with van der Waals surface area (Å²) in [4.78, 5) is 4.26. The number of anilines is 1. The van der Waals surface area contributed by atoms with Gasteiger partial charge in [0.05, 0.1) is 0 Å². The van der Waals surface area contributed by atoms with E-state index in [1.807, 2.05) is 24.0 Å². The van der Waals surface area contributed by atoms with E-state index in [1.165, 1.54) is 12.8 Å². The van der Waals surface area contributed by atoms with Crippen LogP contribution in [0.3, 0.4) is 0 Å². The van der Waals surface area contributed by atoms with Gasteiger partial charge >= 0.3 is 0 Å². The van der Waals surface area contributed by atoms with Crippen LogP contribution in [0.2, 0.25) is 0 Å². The number of hydrogen-bond donors (Lipinski definition) is 1. The molecule has 1 heterocycles. The van der Waals surface area contributed by atoms with Crippen LogP contribution in [0.25, 0.3) is 0 Å². The summed E-state index contributed by atoms with van der Waals surface area (Å²) in [6.45, 7) is 5.69. The zero-order valence-electron chi connectivity index (χ0n) is 9.25. The fourth-order valence-electron chi connectivity index (χ4n) is 1.91. The fraction of sp³-hybridized carbons (Fsp3) is 0.727. The van der Waals surface area contributed by atoms with Crippen LogP contribution in [-0.2, 0) is 7.05 Å². The summed E-state index contributed by atoms with van der Waals surface area (Å²) in [5.74, 6) is 1.76. The molecule has 1 saturated carbocycles. The zero-order chi connectivity index (χ0) is 10.2. The molecular weight excluding hydrogens is 174 g/mol. The molecule has 1 aromatic rings. The zero-order valence-corrected chi connectivity index (χ0v) is 9.25. The Hall–Kier alpha value is -0.990. The molecule has 3 heteroatoms. The molecule has 2 rings (SSSR count). The SMILES string of the molecule is CC(C)C1(CNc2nccn2C)CC1. The average molecular weight is 193 g/mol. The largest absolute Gasteiger partial charge is 0.355 e. The van der Waals surface area contributed by atoms with Crippen molar-refractivity contribution in [3.05, 3.63) is 12.4 Å². The number of hydrogen-bond acceptors (Lipinski definition) is 2. The minimum absolute atomic E-state index is 0.548. The van der Waals surface area contributed by atoms with Crippen molar-refractivity contribution in [2.45, 2.75) is 26.7 Å². The summed E-state index contributed by atoms with van der Waals surface area (Å²) in [7, 11) is 2.02. The van der Waals surface area contributed by atoms with Gasteiger partial charge in [-0.3, -0.25) is 0 Å². The first-order chi connectivity index (χ1) is 6.64. The van der Waals surface area contributed by atoms with Gasteiger partial charge < -0.3 is 9.88 Å². The Labute approximate surface area is 85.5 Å². The van der Waals surface area contributed by atoms with E-state index in [0.29, 0.717) is 5.41 Å². The van der Waals surface area contributed by atoms with E-state index in [9.17, 15) is 0 Å². The highest BCUT2D eigenvalue weighted by atomic mass is 15.2. The topological polar surface area (TPSA) is 29.9 Å². The summed E-state index contributed by atoms with van der Waals surface area (Å²) in [6.07, 6.45) is 6.53. The highest BCUT2D eigenvalue weighted by molar-refractivity contribution is 5.26. The van der Waals surface area contributed by atoms with Crippen molar-refractivity contribution >= 4 is 5.95 Å². The fourth-order valence-corrected chi connectivity index (χ4v) is 1.91. The molecule has 0 spiro atoms. The van der Waals surface area contributed by atoms with Crippen LogP contribution in [-0.4, -0.2) is 16.1 Å². The molecule has 1 fully saturated rings. The van der Waals surface area contributed by atoms with Crippen LogP contribution in [0, 0.1) is 11.3 Å². The van der Waals surface area contributed by atoms with E-state index in [2.05, 4.69) is 24.1 Å². The standard InChI is InChI=1S/C11H19N3/c1-9(2)11(4-5-11)8-13-10-12-6-7-14(10)3/h6-7,9H,4-5,8H2,1-3H3,(H,12,13). The second-order valence-electron chi connectivity index (χ2n) is 4.73. The first-order valence-corrected chi connectivity index (χ1v) is 5.35. The lowest BCUT2D eigenvalue weighted by molar-refractivity contribution is 0.379. The van der Waals surface area contributed by atoms with Crippen LogP contribution in [0.1, 0.15) is 26.7 Å². The van der Waals surface area contributed by atoms with Crippen molar-refractivity contribution in [1.82, 2.24) is 9.55 Å². The van der Waals surface area contributed by atoms with Gasteiger partial charge in [-0.2, -0.15) is 0 Å². The number of aryl methyl sites for hydroxylation is 1. The van der Waals surface area contributed by atoms with Crippen molar-refractivity contribution in [3.63, 3.8) is 0 Å². The first-order valence-electron chi connectivity index (χ1n) is 5.35. The van der Waals surface area contributed by atoms with Crippen molar-refractivity contribution in [2.24, 2.45) is 18.4 Å². The minimum atomic E-state index is 0.548. The van der Waals surface area contributed by atoms with Gasteiger partial charge in [-0.05, 0) is 24.2 Å². The lowest BCUT2D eigenvalue weighted by Crippen LogP contribution is -2.22. The maximum absolute atomic E-state index is 4.26. The molecule has 1 aliphatic carbocycles. The van der Waals surface area contributed by atoms with Crippen LogP contribution < -0.4 is 5.32 Å². The lowest BCUT2D eigenvalue weighted by Gasteiger charge is -2.20. The normalized spacial score (nSPS) is 18.6. The van der Waals surface area contributed by atoms with E-state index < -0.39 is 0 Å². The highest BCUT2D eigenvalue weighted by Crippen LogP contribution is 2.51. The molecule has 0 atom stereocenters. The van der Waals surface area contributed by atoms with Gasteiger partial charge in [-0.25, -0.2) is 4.98 Å². The number of aromatic nitrogens is 2. The molecule has 78 valence electrons. The molecule has 0 saturated heterocycles. The number of nitrogens with zero attached hydrogens (tertiary/aromatic N) is 2. The average Bonchev–Trinajstić information content (AvgIpc) is 2.83. The molecular formula is C11H19N3. The Morgan fingerprint density at radius 3 is 2.71 bits per heavy atom. The van der Waals surface area contributed by atoms with E-state index in [1.54, 1.807) is 0 Å². The predicted octanol–water partition coefficient (Wildman–Crippen LogP) is 2.27. The van der Waals surface area contributed by atoms with Gasteiger partial charge in [0, 0.05) is 26.0 Å². The molecule has 1 aromatic heterocycles. The molecule has 0 aromatic carbocycles. The molecule has 0 aliphatic heterocycles. The smallest absolute Gasteiger partial charge is 0.202 e. The quantitative estimate of drug-likeness (QED) is 0.795. The lowest BCUT2D eigenvalue weighted by atomic mass is 9.92. The van der Waals surface area contributed by atoms with Crippen LogP contribution in [0.5, 0.6) is 0 Å². The molecule has 14 heavy (non-hydrogen) atoms. The summed E-state index contributed by atoms with van der Waals surface area (Å²) in [5.41, 5.74) is 0.548. The maximum atomic E-state index is 4.26. The van der Waals surface area contributed by atoms with Gasteiger partial charge in [0.25, 0.3) is 0 Å². The van der Waals surface area contributed by atoms with Gasteiger partial charge in [-0.15, -0.1) is 0 Å². The third-order valence-corrected chi connectivity index (χ3v) is 3.54. The summed E-state index contributed by atoms with van der Waals surface area (Å²) in [5, 5.41) is 3.43. The Morgan fingerprint density at radius 2 is 2.29 bits per heavy atom. The van der Waals surface area contributed by atoms with Crippen LogP contribution in [0.4, 0.5) is 5.95 Å². The Morgan fingerprint density at radius 1 is 1.57 bits per heavy atom. The molecule has 0 amide bonds. The predicted molar refractivity (Wildman–Crippen MR) is 58.2 cm³/mol. The maximum Gasteiger partial charge on any atom is 0.202 e. The molecule has 3 nitrogen and oxygen atoms in total. The Kier molecular flexibility index (Phi) is 2.25. The third kappa shape index (κ3) is 1.63. The number of nitrogens with one attached hydrogen (secondary N) is 1. The number of rotatable bonds is 4. The molecule has 1 aliphatic rings. The van der Waals surface area contributed by atoms with Crippen LogP contribution in [0.15, 0.2) is 12.4 Å². The first kappa shape index (κ1) is 9.56. The van der Waals surface area contributed by atoms with Crippen molar-refractivity contribution in [2.75, 3.05) is 11.9 Å².